The van der Waals surface area contributed by atoms with Crippen molar-refractivity contribution in [3.63, 3.8) is 0 Å². The molecule has 4 rings (SSSR count). The Balaban J connectivity index is 1.53. The number of furan rings is 1. The SMILES string of the molecule is COc1cc2c(cc1NC(=O)COC(=O)c1[nH]c(=O)[nH]c(=O)c1N)oc1ccccc12. The number of esters is 1. The topological polar surface area (TPSA) is 170 Å². The van der Waals surface area contributed by atoms with Crippen LogP contribution >= 0.6 is 0 Å². The van der Waals surface area contributed by atoms with Gasteiger partial charge in [0.15, 0.2) is 12.3 Å². The fraction of sp³-hybridized carbons (Fsp3) is 0.100. The van der Waals surface area contributed by atoms with Gasteiger partial charge in [-0.2, -0.15) is 0 Å². The van der Waals surface area contributed by atoms with E-state index in [2.05, 4.69) is 10.3 Å². The molecule has 0 spiro atoms. The largest absolute Gasteiger partial charge is 0.495 e. The summed E-state index contributed by atoms with van der Waals surface area (Å²) in [5, 5.41) is 4.28. The predicted octanol–water partition coefficient (Wildman–Crippen LogP) is 1.35. The molecular weight excluding hydrogens is 408 g/mol. The minimum Gasteiger partial charge on any atom is -0.495 e. The first kappa shape index (κ1) is 19.8. The van der Waals surface area contributed by atoms with Gasteiger partial charge in [0, 0.05) is 16.8 Å². The molecule has 1 amide bonds. The van der Waals surface area contributed by atoms with Gasteiger partial charge in [0.1, 0.15) is 22.6 Å². The number of anilines is 2. The van der Waals surface area contributed by atoms with Gasteiger partial charge >= 0.3 is 11.7 Å². The third-order valence-corrected chi connectivity index (χ3v) is 4.49. The molecule has 4 aromatic rings. The van der Waals surface area contributed by atoms with Crippen LogP contribution in [0.15, 0.2) is 50.4 Å². The number of hydrogen-bond donors (Lipinski definition) is 4. The van der Waals surface area contributed by atoms with Crippen molar-refractivity contribution in [3.8, 4) is 5.75 Å². The van der Waals surface area contributed by atoms with E-state index in [1.165, 1.54) is 7.11 Å². The third-order valence-electron chi connectivity index (χ3n) is 4.49. The van der Waals surface area contributed by atoms with Crippen LogP contribution in [0.2, 0.25) is 0 Å². The first-order valence-corrected chi connectivity index (χ1v) is 8.95. The van der Waals surface area contributed by atoms with E-state index in [0.717, 1.165) is 10.8 Å². The van der Waals surface area contributed by atoms with Crippen molar-refractivity contribution in [1.29, 1.82) is 0 Å². The zero-order valence-electron chi connectivity index (χ0n) is 16.1. The summed E-state index contributed by atoms with van der Waals surface area (Å²) in [6.45, 7) is -0.700. The van der Waals surface area contributed by atoms with Crippen molar-refractivity contribution in [2.75, 3.05) is 24.8 Å². The molecule has 0 saturated carbocycles. The molecule has 5 N–H and O–H groups in total. The van der Waals surface area contributed by atoms with Crippen LogP contribution < -0.4 is 27.0 Å². The van der Waals surface area contributed by atoms with E-state index in [-0.39, 0.29) is 0 Å². The Morgan fingerprint density at radius 3 is 2.65 bits per heavy atom. The molecule has 0 unspecified atom stereocenters. The van der Waals surface area contributed by atoms with E-state index in [1.54, 1.807) is 12.1 Å². The van der Waals surface area contributed by atoms with E-state index < -0.39 is 41.1 Å². The summed E-state index contributed by atoms with van der Waals surface area (Å²) in [4.78, 5) is 51.1. The lowest BCUT2D eigenvalue weighted by molar-refractivity contribution is -0.119. The Hall–Kier alpha value is -4.54. The number of aromatic nitrogens is 2. The Bertz CT molecular complexity index is 1450. The number of nitrogen functional groups attached to an aromatic ring is 1. The summed E-state index contributed by atoms with van der Waals surface area (Å²) in [7, 11) is 1.45. The molecule has 0 saturated heterocycles. The van der Waals surface area contributed by atoms with E-state index >= 15 is 0 Å². The molecule has 11 nitrogen and oxygen atoms in total. The first-order valence-electron chi connectivity index (χ1n) is 8.95. The first-order chi connectivity index (χ1) is 14.9. The number of carbonyl (C=O) groups is 2. The molecule has 2 aromatic carbocycles. The maximum absolute atomic E-state index is 12.3. The molecule has 0 aliphatic rings. The smallest absolute Gasteiger partial charge is 0.357 e. The number of nitrogens with two attached hydrogens (primary N) is 1. The van der Waals surface area contributed by atoms with Crippen LogP contribution in [-0.2, 0) is 9.53 Å². The fourth-order valence-corrected chi connectivity index (χ4v) is 3.06. The van der Waals surface area contributed by atoms with Crippen LogP contribution in [0.4, 0.5) is 11.4 Å². The highest BCUT2D eigenvalue weighted by Gasteiger charge is 2.18. The van der Waals surface area contributed by atoms with Gasteiger partial charge in [-0.3, -0.25) is 19.6 Å². The van der Waals surface area contributed by atoms with Crippen molar-refractivity contribution >= 4 is 45.2 Å². The van der Waals surface area contributed by atoms with Crippen molar-refractivity contribution in [3.05, 3.63) is 62.9 Å². The number of amides is 1. The number of methoxy groups -OCH3 is 1. The lowest BCUT2D eigenvalue weighted by Gasteiger charge is -2.11. The molecule has 0 atom stereocenters. The monoisotopic (exact) mass is 424 g/mol. The predicted molar refractivity (Wildman–Crippen MR) is 111 cm³/mol. The van der Waals surface area contributed by atoms with Crippen LogP contribution in [0.1, 0.15) is 10.5 Å². The van der Waals surface area contributed by atoms with Gasteiger partial charge in [0.25, 0.3) is 11.5 Å². The summed E-state index contributed by atoms with van der Waals surface area (Å²) in [6, 6.07) is 10.8. The van der Waals surface area contributed by atoms with Crippen molar-refractivity contribution in [2.24, 2.45) is 0 Å². The lowest BCUT2D eigenvalue weighted by Crippen LogP contribution is -2.30. The second-order valence-corrected chi connectivity index (χ2v) is 6.47. The number of carbonyl (C=O) groups excluding carboxylic acids is 2. The summed E-state index contributed by atoms with van der Waals surface area (Å²) >= 11 is 0. The zero-order valence-corrected chi connectivity index (χ0v) is 16.1. The molecule has 0 bridgehead atoms. The van der Waals surface area contributed by atoms with E-state index in [4.69, 9.17) is 19.6 Å². The van der Waals surface area contributed by atoms with Crippen molar-refractivity contribution in [1.82, 2.24) is 9.97 Å². The highest BCUT2D eigenvalue weighted by molar-refractivity contribution is 6.08. The molecule has 0 aliphatic carbocycles. The molecule has 2 aromatic heterocycles. The Morgan fingerprint density at radius 1 is 1.10 bits per heavy atom. The zero-order chi connectivity index (χ0) is 22.1. The van der Waals surface area contributed by atoms with Gasteiger partial charge in [-0.05, 0) is 12.1 Å². The number of nitrogens with one attached hydrogen (secondary N) is 3. The number of H-pyrrole nitrogens is 2. The van der Waals surface area contributed by atoms with Gasteiger partial charge in [-0.1, -0.05) is 18.2 Å². The summed E-state index contributed by atoms with van der Waals surface area (Å²) in [5.74, 6) is -1.44. The maximum Gasteiger partial charge on any atom is 0.357 e. The van der Waals surface area contributed by atoms with Gasteiger partial charge in [-0.25, -0.2) is 9.59 Å². The Labute approximate surface area is 172 Å². The summed E-state index contributed by atoms with van der Waals surface area (Å²) in [5.41, 5.74) is 4.04. The summed E-state index contributed by atoms with van der Waals surface area (Å²) < 4.78 is 16.0. The Kier molecular flexibility index (Phi) is 4.91. The van der Waals surface area contributed by atoms with Crippen LogP contribution in [0.5, 0.6) is 5.75 Å². The van der Waals surface area contributed by atoms with Crippen molar-refractivity contribution in [2.45, 2.75) is 0 Å². The van der Waals surface area contributed by atoms with Crippen LogP contribution in [0.3, 0.4) is 0 Å². The number of benzene rings is 2. The van der Waals surface area contributed by atoms with Crippen molar-refractivity contribution < 1.29 is 23.5 Å². The standard InChI is InChI=1S/C20H16N4O7/c1-29-14-6-10-9-4-2-3-5-12(9)31-13(10)7-11(14)22-15(25)8-30-19(27)17-16(21)18(26)24-20(28)23-17/h2-7H,8,21H2,1H3,(H,22,25)(H2,23,24,26,28). The lowest BCUT2D eigenvalue weighted by atomic mass is 10.1. The number of para-hydroxylation sites is 1. The number of hydrogen-bond acceptors (Lipinski definition) is 8. The molecule has 2 heterocycles. The molecule has 0 aliphatic heterocycles. The molecule has 158 valence electrons. The second-order valence-electron chi connectivity index (χ2n) is 6.47. The second kappa shape index (κ2) is 7.71. The highest BCUT2D eigenvalue weighted by Crippen LogP contribution is 2.36. The van der Waals surface area contributed by atoms with Gasteiger partial charge in [-0.15, -0.1) is 0 Å². The number of ether oxygens (including phenoxy) is 2. The third kappa shape index (κ3) is 3.71. The van der Waals surface area contributed by atoms with E-state index in [9.17, 15) is 19.2 Å². The summed E-state index contributed by atoms with van der Waals surface area (Å²) in [6.07, 6.45) is 0. The molecular formula is C20H16N4O7. The quantitative estimate of drug-likeness (QED) is 0.348. The minimum atomic E-state index is -1.13. The normalized spacial score (nSPS) is 10.9. The van der Waals surface area contributed by atoms with E-state index in [1.807, 2.05) is 29.2 Å². The minimum absolute atomic E-state index is 0.305. The van der Waals surface area contributed by atoms with Gasteiger partial charge < -0.3 is 24.9 Å². The average molecular weight is 424 g/mol. The van der Waals surface area contributed by atoms with Gasteiger partial charge in [0.2, 0.25) is 0 Å². The Morgan fingerprint density at radius 2 is 1.87 bits per heavy atom. The fourth-order valence-electron chi connectivity index (χ4n) is 3.06. The molecule has 11 heteroatoms. The molecule has 31 heavy (non-hydrogen) atoms. The molecule has 0 fully saturated rings. The van der Waals surface area contributed by atoms with Gasteiger partial charge in [0.05, 0.1) is 12.8 Å². The molecule has 0 radical (unpaired) electrons. The van der Waals surface area contributed by atoms with E-state index in [0.29, 0.717) is 22.6 Å². The van der Waals surface area contributed by atoms with Crippen LogP contribution in [-0.4, -0.2) is 35.6 Å². The van der Waals surface area contributed by atoms with Crippen LogP contribution in [0, 0.1) is 0 Å². The van der Waals surface area contributed by atoms with Crippen LogP contribution in [0.25, 0.3) is 21.9 Å². The maximum atomic E-state index is 12.3. The number of aromatic amines is 2. The number of fused-ring (bicyclic) bond motifs is 3. The highest BCUT2D eigenvalue weighted by atomic mass is 16.5. The average Bonchev–Trinajstić information content (AvgIpc) is 3.11. The number of rotatable bonds is 5.